The van der Waals surface area contributed by atoms with E-state index in [4.69, 9.17) is 9.15 Å². The van der Waals surface area contributed by atoms with Crippen LogP contribution in [0.4, 0.5) is 5.69 Å². The van der Waals surface area contributed by atoms with Gasteiger partial charge < -0.3 is 14.3 Å². The van der Waals surface area contributed by atoms with Crippen molar-refractivity contribution in [1.82, 2.24) is 0 Å². The lowest BCUT2D eigenvalue weighted by Gasteiger charge is -2.07. The third-order valence-electron chi connectivity index (χ3n) is 2.76. The van der Waals surface area contributed by atoms with Crippen molar-refractivity contribution >= 4 is 11.7 Å². The molecule has 7 heteroatoms. The molecule has 0 saturated heterocycles. The molecule has 0 unspecified atom stereocenters. The van der Waals surface area contributed by atoms with Crippen molar-refractivity contribution in [3.05, 3.63) is 52.3 Å². The Labute approximate surface area is 119 Å². The number of furan rings is 1. The topological polar surface area (TPSA) is 103 Å². The molecule has 1 N–H and O–H groups in total. The monoisotopic (exact) mass is 291 g/mol. The number of aliphatic hydroxyl groups excluding tert-OH is 1. The molecule has 7 nitrogen and oxygen atoms in total. The Kier molecular flexibility index (Phi) is 4.34. The van der Waals surface area contributed by atoms with E-state index in [1.807, 2.05) is 0 Å². The molecular weight excluding hydrogens is 278 g/mol. The molecule has 1 heterocycles. The van der Waals surface area contributed by atoms with Gasteiger partial charge in [0.15, 0.2) is 0 Å². The summed E-state index contributed by atoms with van der Waals surface area (Å²) in [7, 11) is 0. The minimum absolute atomic E-state index is 0.0135. The second-order valence-corrected chi connectivity index (χ2v) is 4.32. The van der Waals surface area contributed by atoms with Crippen LogP contribution in [0.25, 0.3) is 11.3 Å². The van der Waals surface area contributed by atoms with Gasteiger partial charge in [-0.1, -0.05) is 0 Å². The number of benzene rings is 1. The fraction of sp³-hybridized carbons (Fsp3) is 0.214. The van der Waals surface area contributed by atoms with Crippen LogP contribution in [-0.2, 0) is 9.53 Å². The maximum atomic E-state index is 10.7. The Balaban J connectivity index is 2.11. The second kappa shape index (κ2) is 6.19. The fourth-order valence-corrected chi connectivity index (χ4v) is 1.71. The van der Waals surface area contributed by atoms with Gasteiger partial charge >= 0.3 is 5.97 Å². The number of nitro groups is 1. The zero-order valence-electron chi connectivity index (χ0n) is 11.2. The summed E-state index contributed by atoms with van der Waals surface area (Å²) in [6.07, 6.45) is -1.05. The van der Waals surface area contributed by atoms with Gasteiger partial charge in [0.25, 0.3) is 5.69 Å². The van der Waals surface area contributed by atoms with E-state index < -0.39 is 17.0 Å². The van der Waals surface area contributed by atoms with Gasteiger partial charge in [0.05, 0.1) is 4.92 Å². The Bertz CT molecular complexity index is 646. The molecule has 0 fully saturated rings. The third-order valence-corrected chi connectivity index (χ3v) is 2.76. The van der Waals surface area contributed by atoms with Gasteiger partial charge in [-0.25, -0.2) is 0 Å². The number of esters is 1. The average molecular weight is 291 g/mol. The second-order valence-electron chi connectivity index (χ2n) is 4.32. The van der Waals surface area contributed by atoms with Crippen molar-refractivity contribution in [3.8, 4) is 11.3 Å². The lowest BCUT2D eigenvalue weighted by Crippen LogP contribution is -2.09. The third kappa shape index (κ3) is 3.67. The minimum Gasteiger partial charge on any atom is -0.463 e. The summed E-state index contributed by atoms with van der Waals surface area (Å²) in [5.41, 5.74) is 0.631. The van der Waals surface area contributed by atoms with Crippen molar-refractivity contribution in [2.24, 2.45) is 0 Å². The van der Waals surface area contributed by atoms with Crippen molar-refractivity contribution in [1.29, 1.82) is 0 Å². The van der Waals surface area contributed by atoms with Gasteiger partial charge in [-0.3, -0.25) is 14.9 Å². The van der Waals surface area contributed by atoms with Crippen LogP contribution in [0.15, 0.2) is 40.8 Å². The summed E-state index contributed by atoms with van der Waals surface area (Å²) in [5, 5.41) is 20.4. The van der Waals surface area contributed by atoms with Crippen molar-refractivity contribution in [2.45, 2.75) is 13.0 Å². The predicted octanol–water partition coefficient (Wildman–Crippen LogP) is 2.45. The number of nitro benzene ring substituents is 1. The lowest BCUT2D eigenvalue weighted by molar-refractivity contribution is -0.384. The molecule has 0 bridgehead atoms. The van der Waals surface area contributed by atoms with Crippen LogP contribution >= 0.6 is 0 Å². The molecule has 0 saturated carbocycles. The minimum atomic E-state index is -1.05. The highest BCUT2D eigenvalue weighted by Gasteiger charge is 2.15. The normalized spacial score (nSPS) is 11.9. The number of hydrogen-bond donors (Lipinski definition) is 1. The summed E-state index contributed by atoms with van der Waals surface area (Å²) in [4.78, 5) is 20.8. The molecule has 0 amide bonds. The number of carbonyl (C=O) groups excluding carboxylic acids is 1. The highest BCUT2D eigenvalue weighted by molar-refractivity contribution is 5.66. The van der Waals surface area contributed by atoms with Crippen LogP contribution in [0.3, 0.4) is 0 Å². The SMILES string of the molecule is CC(=O)OC[C@H](O)c1ccc(-c2ccc([N+](=O)[O-])cc2)o1. The van der Waals surface area contributed by atoms with Gasteiger partial charge in [-0.2, -0.15) is 0 Å². The Morgan fingerprint density at radius 1 is 1.33 bits per heavy atom. The van der Waals surface area contributed by atoms with Crippen molar-refractivity contribution < 1.29 is 24.0 Å². The largest absolute Gasteiger partial charge is 0.463 e. The molecule has 2 aromatic rings. The number of ether oxygens (including phenoxy) is 1. The molecule has 0 aliphatic carbocycles. The van der Waals surface area contributed by atoms with Crippen molar-refractivity contribution in [3.63, 3.8) is 0 Å². The standard InChI is InChI=1S/C14H13NO6/c1-9(16)20-8-12(17)14-7-6-13(21-14)10-2-4-11(5-3-10)15(18)19/h2-7,12,17H,8H2,1H3/t12-/m0/s1. The van der Waals surface area contributed by atoms with Crippen LogP contribution < -0.4 is 0 Å². The molecule has 0 aliphatic rings. The van der Waals surface area contributed by atoms with Crippen molar-refractivity contribution in [2.75, 3.05) is 6.61 Å². The first kappa shape index (κ1) is 14.7. The molecule has 21 heavy (non-hydrogen) atoms. The van der Waals surface area contributed by atoms with Gasteiger partial charge in [0.1, 0.15) is 24.2 Å². The summed E-state index contributed by atoms with van der Waals surface area (Å²) >= 11 is 0. The highest BCUT2D eigenvalue weighted by Crippen LogP contribution is 2.27. The van der Waals surface area contributed by atoms with E-state index in [-0.39, 0.29) is 18.1 Å². The first-order chi connectivity index (χ1) is 9.97. The number of rotatable bonds is 5. The molecule has 1 atom stereocenters. The molecule has 0 aliphatic heterocycles. The van der Waals surface area contributed by atoms with E-state index in [2.05, 4.69) is 0 Å². The number of hydrogen-bond acceptors (Lipinski definition) is 6. The quantitative estimate of drug-likeness (QED) is 0.515. The van der Waals surface area contributed by atoms with Crippen LogP contribution in [0.5, 0.6) is 0 Å². The van der Waals surface area contributed by atoms with E-state index in [0.717, 1.165) is 0 Å². The van der Waals surface area contributed by atoms with E-state index in [0.29, 0.717) is 11.3 Å². The van der Waals surface area contributed by atoms with Gasteiger partial charge in [-0.05, 0) is 24.3 Å². The number of carbonyl (C=O) groups is 1. The summed E-state index contributed by atoms with van der Waals surface area (Å²) in [5.74, 6) is 0.225. The Morgan fingerprint density at radius 2 is 2.00 bits per heavy atom. The molecular formula is C14H13NO6. The van der Waals surface area contributed by atoms with E-state index in [1.165, 1.54) is 19.1 Å². The molecule has 110 valence electrons. The summed E-state index contributed by atoms with van der Waals surface area (Å²) < 4.78 is 10.1. The molecule has 1 aromatic carbocycles. The number of nitrogens with zero attached hydrogens (tertiary/aromatic N) is 1. The molecule has 0 spiro atoms. The van der Waals surface area contributed by atoms with Crippen LogP contribution in [0, 0.1) is 10.1 Å². The highest BCUT2D eigenvalue weighted by atomic mass is 16.6. The Morgan fingerprint density at radius 3 is 2.57 bits per heavy atom. The predicted molar refractivity (Wildman–Crippen MR) is 72.4 cm³/mol. The van der Waals surface area contributed by atoms with E-state index in [9.17, 15) is 20.0 Å². The lowest BCUT2D eigenvalue weighted by atomic mass is 10.1. The van der Waals surface area contributed by atoms with Crippen LogP contribution in [0.1, 0.15) is 18.8 Å². The first-order valence-corrected chi connectivity index (χ1v) is 6.13. The maximum Gasteiger partial charge on any atom is 0.302 e. The van der Waals surface area contributed by atoms with E-state index in [1.54, 1.807) is 24.3 Å². The van der Waals surface area contributed by atoms with Gasteiger partial charge in [0, 0.05) is 24.6 Å². The number of aliphatic hydroxyl groups is 1. The first-order valence-electron chi connectivity index (χ1n) is 6.13. The fourth-order valence-electron chi connectivity index (χ4n) is 1.71. The maximum absolute atomic E-state index is 10.7. The number of non-ortho nitro benzene ring substituents is 1. The zero-order valence-corrected chi connectivity index (χ0v) is 11.2. The van der Waals surface area contributed by atoms with Crippen LogP contribution in [0.2, 0.25) is 0 Å². The Hall–Kier alpha value is -2.67. The summed E-state index contributed by atoms with van der Waals surface area (Å²) in [6.45, 7) is 1.06. The molecule has 0 radical (unpaired) electrons. The van der Waals surface area contributed by atoms with Crippen LogP contribution in [-0.4, -0.2) is 22.6 Å². The van der Waals surface area contributed by atoms with E-state index >= 15 is 0 Å². The van der Waals surface area contributed by atoms with Gasteiger partial charge in [-0.15, -0.1) is 0 Å². The summed E-state index contributed by atoms with van der Waals surface area (Å²) in [6, 6.07) is 9.04. The van der Waals surface area contributed by atoms with Gasteiger partial charge in [0.2, 0.25) is 0 Å². The average Bonchev–Trinajstić information content (AvgIpc) is 2.94. The zero-order chi connectivity index (χ0) is 15.4. The molecule has 2 rings (SSSR count). The smallest absolute Gasteiger partial charge is 0.302 e. The molecule has 1 aromatic heterocycles.